The smallest absolute Gasteiger partial charge is 0.192 e. The Labute approximate surface area is 151 Å². The van der Waals surface area contributed by atoms with E-state index >= 15 is 0 Å². The van der Waals surface area contributed by atoms with Gasteiger partial charge in [-0.2, -0.15) is 0 Å². The van der Waals surface area contributed by atoms with Crippen molar-refractivity contribution < 1.29 is 9.15 Å². The lowest BCUT2D eigenvalue weighted by Gasteiger charge is -2.22. The van der Waals surface area contributed by atoms with E-state index in [1.165, 1.54) is 11.1 Å². The third-order valence-corrected chi connectivity index (χ3v) is 4.83. The molecule has 4 rings (SSSR count). The van der Waals surface area contributed by atoms with Crippen LogP contribution < -0.4 is 4.74 Å². The maximum absolute atomic E-state index is 6.03. The molecule has 3 aromatic rings. The molecule has 1 aromatic heterocycles. The molecule has 0 saturated carbocycles. The molecule has 0 saturated heterocycles. The molecule has 25 heavy (non-hydrogen) atoms. The first kappa shape index (κ1) is 16.0. The molecule has 0 bridgehead atoms. The predicted octanol–water partition coefficient (Wildman–Crippen LogP) is 5.72. The van der Waals surface area contributed by atoms with Crippen molar-refractivity contribution in [2.24, 2.45) is 0 Å². The normalized spacial score (nSPS) is 16.3. The quantitative estimate of drug-likeness (QED) is 0.605. The fourth-order valence-electron chi connectivity index (χ4n) is 3.32. The Bertz CT molecular complexity index is 924. The zero-order chi connectivity index (χ0) is 17.4. The summed E-state index contributed by atoms with van der Waals surface area (Å²) in [5.74, 6) is 2.55. The summed E-state index contributed by atoms with van der Waals surface area (Å²) in [7, 11) is 1.68. The van der Waals surface area contributed by atoms with Gasteiger partial charge in [0.15, 0.2) is 11.7 Å². The van der Waals surface area contributed by atoms with Gasteiger partial charge < -0.3 is 9.15 Å². The van der Waals surface area contributed by atoms with E-state index in [0.29, 0.717) is 5.89 Å². The summed E-state index contributed by atoms with van der Waals surface area (Å²) >= 11 is 6.03. The summed E-state index contributed by atoms with van der Waals surface area (Å²) in [4.78, 5) is 4.63. The number of hydrogen-bond donors (Lipinski definition) is 0. The number of aryl methyl sites for hydroxylation is 1. The highest BCUT2D eigenvalue weighted by molar-refractivity contribution is 6.30. The molecule has 0 radical (unpaired) electrons. The van der Waals surface area contributed by atoms with Gasteiger partial charge in [-0.3, -0.25) is 0 Å². The number of rotatable bonds is 3. The fraction of sp³-hybridized carbons (Fsp3) is 0.190. The SMILES string of the molecule is COc1ccc(C2CC(c3ccc(Cl)cc3)=Cc3oc(C)nc32)cc1. The van der Waals surface area contributed by atoms with Crippen LogP contribution in [0.25, 0.3) is 11.6 Å². The van der Waals surface area contributed by atoms with Crippen molar-refractivity contribution in [1.82, 2.24) is 4.98 Å². The van der Waals surface area contributed by atoms with E-state index in [1.807, 2.05) is 43.3 Å². The van der Waals surface area contributed by atoms with Crippen molar-refractivity contribution in [3.8, 4) is 5.75 Å². The fourth-order valence-corrected chi connectivity index (χ4v) is 3.45. The van der Waals surface area contributed by atoms with Gasteiger partial charge in [0, 0.05) is 17.9 Å². The molecule has 0 N–H and O–H groups in total. The maximum Gasteiger partial charge on any atom is 0.192 e. The summed E-state index contributed by atoms with van der Waals surface area (Å²) in [6.07, 6.45) is 2.96. The summed E-state index contributed by atoms with van der Waals surface area (Å²) in [5, 5.41) is 0.739. The van der Waals surface area contributed by atoms with Crippen molar-refractivity contribution in [3.63, 3.8) is 0 Å². The molecular weight excluding hydrogens is 334 g/mol. The molecule has 1 atom stereocenters. The lowest BCUT2D eigenvalue weighted by atomic mass is 9.82. The highest BCUT2D eigenvalue weighted by Gasteiger charge is 2.28. The molecule has 3 nitrogen and oxygen atoms in total. The average molecular weight is 352 g/mol. The molecule has 0 aliphatic heterocycles. The van der Waals surface area contributed by atoms with Crippen LogP contribution in [0.4, 0.5) is 0 Å². The van der Waals surface area contributed by atoms with Crippen molar-refractivity contribution >= 4 is 23.3 Å². The van der Waals surface area contributed by atoms with E-state index in [-0.39, 0.29) is 5.92 Å². The topological polar surface area (TPSA) is 35.3 Å². The standard InChI is InChI=1S/C21H18ClNO2/c1-13-23-21-19(15-5-9-18(24-2)10-6-15)11-16(12-20(21)25-13)14-3-7-17(22)8-4-14/h3-10,12,19H,11H2,1-2H3. The van der Waals surface area contributed by atoms with Gasteiger partial charge in [-0.05, 0) is 53.5 Å². The number of halogens is 1. The van der Waals surface area contributed by atoms with Gasteiger partial charge in [-0.1, -0.05) is 35.9 Å². The van der Waals surface area contributed by atoms with Crippen LogP contribution in [-0.4, -0.2) is 12.1 Å². The lowest BCUT2D eigenvalue weighted by molar-refractivity contribution is 0.414. The predicted molar refractivity (Wildman–Crippen MR) is 100 cm³/mol. The van der Waals surface area contributed by atoms with Crippen LogP contribution in [0.2, 0.25) is 5.02 Å². The Kier molecular flexibility index (Phi) is 4.10. The number of benzene rings is 2. The van der Waals surface area contributed by atoms with Gasteiger partial charge in [0.1, 0.15) is 5.75 Å². The first-order valence-corrected chi connectivity index (χ1v) is 8.59. The molecule has 1 aliphatic rings. The van der Waals surface area contributed by atoms with Crippen LogP contribution in [0, 0.1) is 6.92 Å². The molecule has 0 fully saturated rings. The van der Waals surface area contributed by atoms with Crippen LogP contribution in [0.15, 0.2) is 52.9 Å². The van der Waals surface area contributed by atoms with Gasteiger partial charge >= 0.3 is 0 Å². The number of allylic oxidation sites excluding steroid dienone is 1. The largest absolute Gasteiger partial charge is 0.497 e. The minimum Gasteiger partial charge on any atom is -0.497 e. The van der Waals surface area contributed by atoms with E-state index in [0.717, 1.165) is 34.2 Å². The Morgan fingerprint density at radius 3 is 2.48 bits per heavy atom. The lowest BCUT2D eigenvalue weighted by Crippen LogP contribution is -2.08. The number of methoxy groups -OCH3 is 1. The van der Waals surface area contributed by atoms with Crippen LogP contribution in [0.5, 0.6) is 5.75 Å². The second-order valence-electron chi connectivity index (χ2n) is 6.19. The first-order chi connectivity index (χ1) is 12.1. The Balaban J connectivity index is 1.77. The highest BCUT2D eigenvalue weighted by Crippen LogP contribution is 2.42. The van der Waals surface area contributed by atoms with Crippen molar-refractivity contribution in [1.29, 1.82) is 0 Å². The minimum absolute atomic E-state index is 0.161. The molecule has 126 valence electrons. The summed E-state index contributed by atoms with van der Waals surface area (Å²) < 4.78 is 11.1. The zero-order valence-electron chi connectivity index (χ0n) is 14.1. The molecule has 4 heteroatoms. The molecule has 0 spiro atoms. The second-order valence-corrected chi connectivity index (χ2v) is 6.63. The number of hydrogen-bond acceptors (Lipinski definition) is 3. The van der Waals surface area contributed by atoms with Gasteiger partial charge in [0.25, 0.3) is 0 Å². The van der Waals surface area contributed by atoms with E-state index in [2.05, 4.69) is 23.2 Å². The third kappa shape index (κ3) is 3.08. The summed E-state index contributed by atoms with van der Waals surface area (Å²) in [6.45, 7) is 1.89. The molecule has 1 aliphatic carbocycles. The van der Waals surface area contributed by atoms with Gasteiger partial charge in [0.2, 0.25) is 0 Å². The van der Waals surface area contributed by atoms with E-state index in [1.54, 1.807) is 7.11 Å². The Morgan fingerprint density at radius 1 is 1.08 bits per heavy atom. The second kappa shape index (κ2) is 6.41. The Hall–Kier alpha value is -2.52. The van der Waals surface area contributed by atoms with Crippen LogP contribution in [-0.2, 0) is 0 Å². The molecule has 1 unspecified atom stereocenters. The monoisotopic (exact) mass is 351 g/mol. The van der Waals surface area contributed by atoms with Gasteiger partial charge in [-0.25, -0.2) is 4.98 Å². The van der Waals surface area contributed by atoms with E-state index in [9.17, 15) is 0 Å². The van der Waals surface area contributed by atoms with E-state index in [4.69, 9.17) is 20.8 Å². The minimum atomic E-state index is 0.161. The van der Waals surface area contributed by atoms with Crippen LogP contribution in [0.3, 0.4) is 0 Å². The molecule has 2 aromatic carbocycles. The number of aromatic nitrogens is 1. The van der Waals surface area contributed by atoms with Crippen LogP contribution >= 0.6 is 11.6 Å². The van der Waals surface area contributed by atoms with Crippen molar-refractivity contribution in [3.05, 3.63) is 82.0 Å². The number of ether oxygens (including phenoxy) is 1. The average Bonchev–Trinajstić information content (AvgIpc) is 3.01. The van der Waals surface area contributed by atoms with Gasteiger partial charge in [0.05, 0.1) is 12.8 Å². The highest BCUT2D eigenvalue weighted by atomic mass is 35.5. The summed E-state index contributed by atoms with van der Waals surface area (Å²) in [6, 6.07) is 16.1. The Morgan fingerprint density at radius 2 is 1.80 bits per heavy atom. The van der Waals surface area contributed by atoms with Crippen molar-refractivity contribution in [2.45, 2.75) is 19.3 Å². The summed E-state index contributed by atoms with van der Waals surface area (Å²) in [5.41, 5.74) is 4.58. The van der Waals surface area contributed by atoms with Gasteiger partial charge in [-0.15, -0.1) is 0 Å². The number of oxazole rings is 1. The van der Waals surface area contributed by atoms with Crippen LogP contribution in [0.1, 0.15) is 40.8 Å². The maximum atomic E-state index is 6.03. The van der Waals surface area contributed by atoms with Crippen molar-refractivity contribution in [2.75, 3.05) is 7.11 Å². The number of fused-ring (bicyclic) bond motifs is 1. The number of nitrogens with zero attached hydrogens (tertiary/aromatic N) is 1. The molecule has 0 amide bonds. The molecular formula is C21H18ClNO2. The third-order valence-electron chi connectivity index (χ3n) is 4.58. The zero-order valence-corrected chi connectivity index (χ0v) is 14.9. The first-order valence-electron chi connectivity index (χ1n) is 8.22. The van der Waals surface area contributed by atoms with E-state index < -0.39 is 0 Å². The molecule has 1 heterocycles.